The summed E-state index contributed by atoms with van der Waals surface area (Å²) in [5, 5.41) is 12.2. The molecule has 6 nitrogen and oxygen atoms in total. The normalized spacial score (nSPS) is 13.7. The van der Waals surface area contributed by atoms with Gasteiger partial charge in [-0.2, -0.15) is 8.42 Å². The van der Waals surface area contributed by atoms with Crippen molar-refractivity contribution < 1.29 is 22.4 Å². The van der Waals surface area contributed by atoms with Crippen LogP contribution in [0.5, 0.6) is 5.75 Å². The van der Waals surface area contributed by atoms with Gasteiger partial charge in [0.1, 0.15) is 11.9 Å². The Morgan fingerprint density at radius 3 is 2.47 bits per heavy atom. The SMILES string of the molecule is COc1cccc(C(C(O)COS(=O)(=O)c2ccc(C)cc2)n2ccc3ccccc32)c1. The number of aliphatic hydroxyl groups is 1. The Balaban J connectivity index is 1.67. The Labute approximate surface area is 187 Å². The van der Waals surface area contributed by atoms with Gasteiger partial charge in [-0.1, -0.05) is 48.0 Å². The molecule has 3 aromatic carbocycles. The van der Waals surface area contributed by atoms with Gasteiger partial charge in [-0.15, -0.1) is 0 Å². The second-order valence-electron chi connectivity index (χ2n) is 7.62. The highest BCUT2D eigenvalue weighted by atomic mass is 32.2. The minimum Gasteiger partial charge on any atom is -0.497 e. The summed E-state index contributed by atoms with van der Waals surface area (Å²) in [4.78, 5) is 0.0552. The number of hydrogen-bond donors (Lipinski definition) is 1. The van der Waals surface area contributed by atoms with E-state index < -0.39 is 28.9 Å². The highest BCUT2D eigenvalue weighted by Crippen LogP contribution is 2.30. The van der Waals surface area contributed by atoms with Gasteiger partial charge in [-0.3, -0.25) is 4.18 Å². The standard InChI is InChI=1S/C25H25NO5S/c1-18-10-12-22(13-11-18)32(28,29)31-17-24(27)25(20-7-5-8-21(16-20)30-2)26-15-14-19-6-3-4-9-23(19)26/h3-16,24-25,27H,17H2,1-2H3. The lowest BCUT2D eigenvalue weighted by Gasteiger charge is -2.26. The zero-order valence-electron chi connectivity index (χ0n) is 17.9. The summed E-state index contributed by atoms with van der Waals surface area (Å²) in [6.07, 6.45) is 0.741. The molecule has 166 valence electrons. The summed E-state index contributed by atoms with van der Waals surface area (Å²) in [6, 6.07) is 22.9. The molecule has 2 unspecified atom stereocenters. The molecule has 0 spiro atoms. The molecule has 1 aromatic heterocycles. The molecule has 0 saturated carbocycles. The molecule has 1 heterocycles. The molecule has 2 atom stereocenters. The number of methoxy groups -OCH3 is 1. The van der Waals surface area contributed by atoms with Crippen molar-refractivity contribution in [2.24, 2.45) is 0 Å². The van der Waals surface area contributed by atoms with Crippen LogP contribution in [-0.4, -0.2) is 37.9 Å². The number of benzene rings is 3. The van der Waals surface area contributed by atoms with Crippen molar-refractivity contribution in [1.82, 2.24) is 4.57 Å². The average molecular weight is 452 g/mol. The maximum Gasteiger partial charge on any atom is 0.297 e. The highest BCUT2D eigenvalue weighted by Gasteiger charge is 2.27. The molecule has 0 bridgehead atoms. The third kappa shape index (κ3) is 4.55. The fourth-order valence-corrected chi connectivity index (χ4v) is 4.69. The molecular formula is C25H25NO5S. The van der Waals surface area contributed by atoms with Gasteiger partial charge in [0, 0.05) is 11.7 Å². The monoisotopic (exact) mass is 451 g/mol. The fourth-order valence-electron chi connectivity index (χ4n) is 3.76. The van der Waals surface area contributed by atoms with Crippen molar-refractivity contribution in [2.45, 2.75) is 24.0 Å². The maximum absolute atomic E-state index is 12.6. The number of aromatic nitrogens is 1. The Bertz CT molecular complexity index is 1310. The van der Waals surface area contributed by atoms with E-state index >= 15 is 0 Å². The molecule has 0 aliphatic carbocycles. The van der Waals surface area contributed by atoms with Gasteiger partial charge >= 0.3 is 0 Å². The van der Waals surface area contributed by atoms with E-state index in [1.54, 1.807) is 19.2 Å². The zero-order valence-corrected chi connectivity index (χ0v) is 18.7. The van der Waals surface area contributed by atoms with Crippen molar-refractivity contribution in [3.05, 3.63) is 96.2 Å². The summed E-state index contributed by atoms with van der Waals surface area (Å²) < 4.78 is 37.8. The predicted octanol–water partition coefficient (Wildman–Crippen LogP) is 4.31. The molecule has 0 fully saturated rings. The molecule has 32 heavy (non-hydrogen) atoms. The fraction of sp³-hybridized carbons (Fsp3) is 0.200. The highest BCUT2D eigenvalue weighted by molar-refractivity contribution is 7.86. The van der Waals surface area contributed by atoms with Gasteiger partial charge in [0.25, 0.3) is 10.1 Å². The smallest absolute Gasteiger partial charge is 0.297 e. The second-order valence-corrected chi connectivity index (χ2v) is 9.24. The van der Waals surface area contributed by atoms with E-state index in [1.807, 2.05) is 72.3 Å². The third-order valence-corrected chi connectivity index (χ3v) is 6.73. The van der Waals surface area contributed by atoms with Crippen LogP contribution >= 0.6 is 0 Å². The summed E-state index contributed by atoms with van der Waals surface area (Å²) in [6.45, 7) is 1.48. The van der Waals surface area contributed by atoms with Gasteiger partial charge in [0.2, 0.25) is 0 Å². The van der Waals surface area contributed by atoms with Crippen LogP contribution in [0.15, 0.2) is 90.0 Å². The lowest BCUT2D eigenvalue weighted by molar-refractivity contribution is 0.0784. The minimum atomic E-state index is -4.01. The van der Waals surface area contributed by atoms with Crippen molar-refractivity contribution in [3.8, 4) is 5.75 Å². The molecule has 7 heteroatoms. The van der Waals surface area contributed by atoms with Gasteiger partial charge in [-0.25, -0.2) is 0 Å². The number of para-hydroxylation sites is 1. The molecule has 4 aromatic rings. The third-order valence-electron chi connectivity index (χ3n) is 5.43. The van der Waals surface area contributed by atoms with E-state index in [0.717, 1.165) is 22.0 Å². The van der Waals surface area contributed by atoms with Crippen molar-refractivity contribution in [1.29, 1.82) is 0 Å². The van der Waals surface area contributed by atoms with Crippen molar-refractivity contribution in [3.63, 3.8) is 0 Å². The molecule has 0 aliphatic rings. The quantitative estimate of drug-likeness (QED) is 0.404. The van der Waals surface area contributed by atoms with E-state index in [1.165, 1.54) is 12.1 Å². The van der Waals surface area contributed by atoms with Gasteiger partial charge in [0.05, 0.1) is 24.7 Å². The minimum absolute atomic E-state index is 0.0552. The van der Waals surface area contributed by atoms with Crippen molar-refractivity contribution in [2.75, 3.05) is 13.7 Å². The van der Waals surface area contributed by atoms with Gasteiger partial charge in [-0.05, 0) is 54.3 Å². The van der Waals surface area contributed by atoms with Crippen molar-refractivity contribution >= 4 is 21.0 Å². The number of nitrogens with zero attached hydrogens (tertiary/aromatic N) is 1. The number of rotatable bonds is 8. The summed E-state index contributed by atoms with van der Waals surface area (Å²) >= 11 is 0. The average Bonchev–Trinajstić information content (AvgIpc) is 3.22. The van der Waals surface area contributed by atoms with Gasteiger partial charge < -0.3 is 14.4 Å². The largest absolute Gasteiger partial charge is 0.497 e. The van der Waals surface area contributed by atoms with E-state index in [-0.39, 0.29) is 4.90 Å². The number of aliphatic hydroxyl groups excluding tert-OH is 1. The number of ether oxygens (including phenoxy) is 1. The van der Waals surface area contributed by atoms with Crippen LogP contribution in [-0.2, 0) is 14.3 Å². The first-order valence-corrected chi connectivity index (χ1v) is 11.6. The molecular weight excluding hydrogens is 426 g/mol. The van der Waals surface area contributed by atoms with E-state index in [9.17, 15) is 13.5 Å². The van der Waals surface area contributed by atoms with E-state index in [4.69, 9.17) is 8.92 Å². The van der Waals surface area contributed by atoms with Crippen LogP contribution in [0.2, 0.25) is 0 Å². The van der Waals surface area contributed by atoms with Crippen LogP contribution in [0.1, 0.15) is 17.2 Å². The zero-order chi connectivity index (χ0) is 22.7. The molecule has 1 N–H and O–H groups in total. The van der Waals surface area contributed by atoms with Crippen LogP contribution in [0.3, 0.4) is 0 Å². The van der Waals surface area contributed by atoms with Crippen LogP contribution in [0.25, 0.3) is 10.9 Å². The second kappa shape index (κ2) is 9.16. The molecule has 0 amide bonds. The first-order valence-electron chi connectivity index (χ1n) is 10.2. The molecule has 4 rings (SSSR count). The summed E-state index contributed by atoms with van der Waals surface area (Å²) in [5.74, 6) is 0.643. The van der Waals surface area contributed by atoms with E-state index in [2.05, 4.69) is 0 Å². The lowest BCUT2D eigenvalue weighted by atomic mass is 10.0. The van der Waals surface area contributed by atoms with Crippen LogP contribution in [0, 0.1) is 6.92 Å². The number of fused-ring (bicyclic) bond motifs is 1. The predicted molar refractivity (Wildman–Crippen MR) is 123 cm³/mol. The Kier molecular flexibility index (Phi) is 6.32. The Hall–Kier alpha value is -3.13. The van der Waals surface area contributed by atoms with Crippen LogP contribution in [0.4, 0.5) is 0 Å². The summed E-state index contributed by atoms with van der Waals surface area (Å²) in [7, 11) is -2.43. The number of hydrogen-bond acceptors (Lipinski definition) is 5. The molecule has 0 saturated heterocycles. The first kappa shape index (κ1) is 22.1. The van der Waals surface area contributed by atoms with E-state index in [0.29, 0.717) is 5.75 Å². The van der Waals surface area contributed by atoms with Crippen LogP contribution < -0.4 is 4.74 Å². The molecule has 0 aliphatic heterocycles. The molecule has 0 radical (unpaired) electrons. The van der Waals surface area contributed by atoms with Gasteiger partial charge in [0.15, 0.2) is 0 Å². The number of aryl methyl sites for hydroxylation is 1. The Morgan fingerprint density at radius 2 is 1.72 bits per heavy atom. The maximum atomic E-state index is 12.6. The summed E-state index contributed by atoms with van der Waals surface area (Å²) in [5.41, 5.74) is 2.64. The lowest BCUT2D eigenvalue weighted by Crippen LogP contribution is -2.30. The Morgan fingerprint density at radius 1 is 0.969 bits per heavy atom. The first-order chi connectivity index (χ1) is 15.4. The topological polar surface area (TPSA) is 77.8 Å².